The molecule has 1 atom stereocenters. The summed E-state index contributed by atoms with van der Waals surface area (Å²) in [6, 6.07) is 20.9. The normalized spacial score (nSPS) is 14.5. The maximum absolute atomic E-state index is 14.2. The fraction of sp³-hybridized carbons (Fsp3) is 0.0667. The fourth-order valence-corrected chi connectivity index (χ4v) is 5.29. The summed E-state index contributed by atoms with van der Waals surface area (Å²) >= 11 is 6.47. The molecule has 1 unspecified atom stereocenters. The first-order valence-corrected chi connectivity index (χ1v) is 12.6. The highest BCUT2D eigenvalue weighted by Crippen LogP contribution is 2.40. The SMILES string of the molecule is O=C1NC(c2cc(F)ccc2Cl)c2c(COc3cc4ccccc4cn3)cc(-c3ccc4ncnn4c3)cc21. The number of benzene rings is 3. The Labute approximate surface area is 226 Å². The van der Waals surface area contributed by atoms with Crippen molar-refractivity contribution in [3.05, 3.63) is 125 Å². The van der Waals surface area contributed by atoms with Crippen LogP contribution in [0.5, 0.6) is 5.88 Å². The van der Waals surface area contributed by atoms with Crippen LogP contribution >= 0.6 is 11.6 Å². The van der Waals surface area contributed by atoms with Gasteiger partial charge in [0.1, 0.15) is 18.8 Å². The predicted octanol–water partition coefficient (Wildman–Crippen LogP) is 6.15. The summed E-state index contributed by atoms with van der Waals surface area (Å²) in [6.07, 6.45) is 5.10. The number of hydrogen-bond donors (Lipinski definition) is 1. The number of nitrogens with one attached hydrogen (secondary N) is 1. The molecule has 1 aliphatic rings. The number of carbonyl (C=O) groups is 1. The largest absolute Gasteiger partial charge is 0.473 e. The van der Waals surface area contributed by atoms with Gasteiger partial charge in [-0.3, -0.25) is 4.79 Å². The van der Waals surface area contributed by atoms with Crippen LogP contribution in [0.4, 0.5) is 4.39 Å². The molecule has 3 aromatic carbocycles. The zero-order valence-electron chi connectivity index (χ0n) is 20.3. The van der Waals surface area contributed by atoms with E-state index in [1.165, 1.54) is 24.5 Å². The van der Waals surface area contributed by atoms with E-state index in [2.05, 4.69) is 20.4 Å². The molecule has 0 aliphatic carbocycles. The van der Waals surface area contributed by atoms with Gasteiger partial charge in [0.25, 0.3) is 5.91 Å². The Kier molecular flexibility index (Phi) is 5.49. The van der Waals surface area contributed by atoms with E-state index in [1.807, 2.05) is 60.8 Å². The molecule has 9 heteroatoms. The van der Waals surface area contributed by atoms with Crippen LogP contribution in [0.25, 0.3) is 27.5 Å². The zero-order valence-corrected chi connectivity index (χ0v) is 21.1. The molecule has 0 bridgehead atoms. The molecule has 0 fully saturated rings. The van der Waals surface area contributed by atoms with E-state index < -0.39 is 11.9 Å². The summed E-state index contributed by atoms with van der Waals surface area (Å²) in [5.74, 6) is -0.258. The maximum atomic E-state index is 14.2. The molecule has 4 heterocycles. The van der Waals surface area contributed by atoms with Crippen molar-refractivity contribution >= 4 is 33.9 Å². The van der Waals surface area contributed by atoms with Gasteiger partial charge in [-0.25, -0.2) is 18.9 Å². The Morgan fingerprint density at radius 2 is 1.85 bits per heavy atom. The van der Waals surface area contributed by atoms with E-state index in [0.29, 0.717) is 33.2 Å². The summed E-state index contributed by atoms with van der Waals surface area (Å²) in [4.78, 5) is 21.9. The van der Waals surface area contributed by atoms with Crippen LogP contribution in [0, 0.1) is 5.82 Å². The average molecular weight is 536 g/mol. The number of fused-ring (bicyclic) bond motifs is 3. The van der Waals surface area contributed by atoms with E-state index in [1.54, 1.807) is 10.7 Å². The minimum Gasteiger partial charge on any atom is -0.473 e. The number of ether oxygens (including phenoxy) is 1. The lowest BCUT2D eigenvalue weighted by Gasteiger charge is -2.19. The van der Waals surface area contributed by atoms with Crippen LogP contribution in [-0.2, 0) is 6.61 Å². The molecule has 7 rings (SSSR count). The fourth-order valence-electron chi connectivity index (χ4n) is 5.06. The van der Waals surface area contributed by atoms with Gasteiger partial charge in [0.05, 0.1) is 6.04 Å². The number of amides is 1. The molecular formula is C30H19ClFN5O2. The summed E-state index contributed by atoms with van der Waals surface area (Å²) in [7, 11) is 0. The van der Waals surface area contributed by atoms with Gasteiger partial charge < -0.3 is 10.1 Å². The highest BCUT2D eigenvalue weighted by Gasteiger charge is 2.34. The molecule has 0 saturated heterocycles. The Hall–Kier alpha value is -4.82. The van der Waals surface area contributed by atoms with Gasteiger partial charge in [-0.1, -0.05) is 35.9 Å². The molecule has 7 nitrogen and oxygen atoms in total. The monoisotopic (exact) mass is 535 g/mol. The zero-order chi connectivity index (χ0) is 26.5. The number of carbonyl (C=O) groups excluding carboxylic acids is 1. The quantitative estimate of drug-likeness (QED) is 0.286. The summed E-state index contributed by atoms with van der Waals surface area (Å²) in [6.45, 7) is 0.130. The van der Waals surface area contributed by atoms with Crippen LogP contribution in [0.2, 0.25) is 5.02 Å². The van der Waals surface area contributed by atoms with Crippen LogP contribution < -0.4 is 10.1 Å². The van der Waals surface area contributed by atoms with E-state index in [9.17, 15) is 9.18 Å². The second-order valence-electron chi connectivity index (χ2n) is 9.31. The highest BCUT2D eigenvalue weighted by atomic mass is 35.5. The van der Waals surface area contributed by atoms with Gasteiger partial charge in [0.15, 0.2) is 5.65 Å². The van der Waals surface area contributed by atoms with E-state index >= 15 is 0 Å². The van der Waals surface area contributed by atoms with Gasteiger partial charge in [0.2, 0.25) is 5.88 Å². The van der Waals surface area contributed by atoms with Crippen molar-refractivity contribution in [3.8, 4) is 17.0 Å². The van der Waals surface area contributed by atoms with Crippen LogP contribution in [0.3, 0.4) is 0 Å². The smallest absolute Gasteiger partial charge is 0.252 e. The first-order chi connectivity index (χ1) is 19.0. The van der Waals surface area contributed by atoms with Gasteiger partial charge in [-0.05, 0) is 64.5 Å². The molecular weight excluding hydrogens is 517 g/mol. The number of nitrogens with zero attached hydrogens (tertiary/aromatic N) is 4. The first kappa shape index (κ1) is 23.3. The summed E-state index contributed by atoms with van der Waals surface area (Å²) in [5.41, 5.74) is 4.76. The highest BCUT2D eigenvalue weighted by molar-refractivity contribution is 6.31. The van der Waals surface area contributed by atoms with E-state index in [0.717, 1.165) is 27.5 Å². The minimum atomic E-state index is -0.634. The standard InChI is InChI=1S/C30H19ClFN5O2/c31-25-7-6-22(32)12-23(25)29-28-21(15-39-27-11-17-3-1-2-4-18(17)13-33-27)9-20(10-24(28)30(38)36-29)19-5-8-26-34-16-35-37(26)14-19/h1-14,16,29H,15H2,(H,36,38). The number of aromatic nitrogens is 4. The Bertz CT molecular complexity index is 1920. The van der Waals surface area contributed by atoms with Crippen molar-refractivity contribution < 1.29 is 13.9 Å². The molecule has 0 saturated carbocycles. The predicted molar refractivity (Wildman–Crippen MR) is 145 cm³/mol. The van der Waals surface area contributed by atoms with Gasteiger partial charge in [0, 0.05) is 45.6 Å². The molecule has 1 N–H and O–H groups in total. The first-order valence-electron chi connectivity index (χ1n) is 12.2. The second kappa shape index (κ2) is 9.18. The average Bonchev–Trinajstić information content (AvgIpc) is 3.57. The number of rotatable bonds is 5. The van der Waals surface area contributed by atoms with Crippen molar-refractivity contribution in [1.82, 2.24) is 24.9 Å². The van der Waals surface area contributed by atoms with Gasteiger partial charge in [-0.15, -0.1) is 0 Å². The van der Waals surface area contributed by atoms with Crippen LogP contribution in [-0.4, -0.2) is 25.5 Å². The maximum Gasteiger partial charge on any atom is 0.252 e. The van der Waals surface area contributed by atoms with Crippen molar-refractivity contribution in [3.63, 3.8) is 0 Å². The lowest BCUT2D eigenvalue weighted by Crippen LogP contribution is -2.20. The van der Waals surface area contributed by atoms with Crippen LogP contribution in [0.1, 0.15) is 33.1 Å². The van der Waals surface area contributed by atoms with Crippen LogP contribution in [0.15, 0.2) is 91.5 Å². The third-order valence-electron chi connectivity index (χ3n) is 6.93. The third-order valence-corrected chi connectivity index (χ3v) is 7.28. The molecule has 0 radical (unpaired) electrons. The lowest BCUT2D eigenvalue weighted by atomic mass is 9.90. The molecule has 1 aliphatic heterocycles. The molecule has 0 spiro atoms. The summed E-state index contributed by atoms with van der Waals surface area (Å²) < 4.78 is 22.1. The van der Waals surface area contributed by atoms with E-state index in [4.69, 9.17) is 16.3 Å². The summed E-state index contributed by atoms with van der Waals surface area (Å²) in [5, 5.41) is 9.58. The molecule has 6 aromatic rings. The van der Waals surface area contributed by atoms with Crippen molar-refractivity contribution in [1.29, 1.82) is 0 Å². The number of halogens is 2. The molecule has 3 aromatic heterocycles. The Balaban J connectivity index is 1.35. The minimum absolute atomic E-state index is 0.130. The topological polar surface area (TPSA) is 81.4 Å². The van der Waals surface area contributed by atoms with Crippen molar-refractivity contribution in [2.45, 2.75) is 12.6 Å². The lowest BCUT2D eigenvalue weighted by molar-refractivity contribution is 0.0960. The van der Waals surface area contributed by atoms with Crippen molar-refractivity contribution in [2.75, 3.05) is 0 Å². The molecule has 190 valence electrons. The molecule has 39 heavy (non-hydrogen) atoms. The second-order valence-corrected chi connectivity index (χ2v) is 9.72. The third kappa shape index (κ3) is 4.15. The Morgan fingerprint density at radius 3 is 2.74 bits per heavy atom. The van der Waals surface area contributed by atoms with Gasteiger partial charge in [-0.2, -0.15) is 5.10 Å². The van der Waals surface area contributed by atoms with Crippen molar-refractivity contribution in [2.24, 2.45) is 0 Å². The Morgan fingerprint density at radius 1 is 0.974 bits per heavy atom. The number of hydrogen-bond acceptors (Lipinski definition) is 5. The van der Waals surface area contributed by atoms with Gasteiger partial charge >= 0.3 is 0 Å². The van der Waals surface area contributed by atoms with E-state index in [-0.39, 0.29) is 12.5 Å². The molecule has 1 amide bonds. The number of pyridine rings is 2.